The number of rotatable bonds is 5. The van der Waals surface area contributed by atoms with Crippen LogP contribution in [-0.4, -0.2) is 17.3 Å². The summed E-state index contributed by atoms with van der Waals surface area (Å²) >= 11 is 0. The van der Waals surface area contributed by atoms with Crippen molar-refractivity contribution in [3.8, 4) is 11.5 Å². The Morgan fingerprint density at radius 3 is 2.58 bits per heavy atom. The lowest BCUT2D eigenvalue weighted by Crippen LogP contribution is -2.33. The van der Waals surface area contributed by atoms with Crippen LogP contribution in [-0.2, 0) is 0 Å². The summed E-state index contributed by atoms with van der Waals surface area (Å²) in [4.78, 5) is 0. The molecule has 0 fully saturated rings. The average Bonchev–Trinajstić information content (AvgIpc) is 3.33. The van der Waals surface area contributed by atoms with Crippen molar-refractivity contribution in [1.29, 1.82) is 0 Å². The summed E-state index contributed by atoms with van der Waals surface area (Å²) in [6.07, 6.45) is 1.56. The van der Waals surface area contributed by atoms with Crippen molar-refractivity contribution < 1.29 is 9.47 Å². The van der Waals surface area contributed by atoms with Gasteiger partial charge in [0.05, 0.1) is 18.4 Å². The molecule has 2 unspecified atom stereocenters. The summed E-state index contributed by atoms with van der Waals surface area (Å²) in [6.45, 7) is 2.83. The third-order valence-electron chi connectivity index (χ3n) is 6.44. The van der Waals surface area contributed by atoms with E-state index in [0.29, 0.717) is 0 Å². The van der Waals surface area contributed by atoms with Crippen molar-refractivity contribution >= 4 is 16.5 Å². The van der Waals surface area contributed by atoms with Gasteiger partial charge in [-0.25, -0.2) is 5.01 Å². The number of hydrogen-bond donors (Lipinski definition) is 0. The molecule has 0 saturated carbocycles. The van der Waals surface area contributed by atoms with E-state index in [0.717, 1.165) is 42.2 Å². The topological polar surface area (TPSA) is 34.1 Å². The minimum atomic E-state index is -0.280. The van der Waals surface area contributed by atoms with E-state index in [-0.39, 0.29) is 12.3 Å². The molecule has 0 aromatic heterocycles. The number of hydrogen-bond acceptors (Lipinski definition) is 4. The number of fused-ring (bicyclic) bond motifs is 4. The lowest BCUT2D eigenvalue weighted by molar-refractivity contribution is -0.0190. The van der Waals surface area contributed by atoms with Crippen LogP contribution < -0.4 is 9.47 Å². The van der Waals surface area contributed by atoms with Gasteiger partial charge in [-0.05, 0) is 47.5 Å². The van der Waals surface area contributed by atoms with E-state index in [1.54, 1.807) is 0 Å². The first-order valence-corrected chi connectivity index (χ1v) is 11.6. The van der Waals surface area contributed by atoms with Crippen LogP contribution in [0.25, 0.3) is 10.8 Å². The highest BCUT2D eigenvalue weighted by atomic mass is 16.5. The largest absolute Gasteiger partial charge is 0.494 e. The summed E-state index contributed by atoms with van der Waals surface area (Å²) in [5.41, 5.74) is 4.56. The SMILES string of the molecule is CCCOc1ccc(C2Oc3ccccc3C3CC(c4cccc5ccccc45)=NN32)cc1. The van der Waals surface area contributed by atoms with Gasteiger partial charge in [0.25, 0.3) is 0 Å². The first-order chi connectivity index (χ1) is 16.3. The van der Waals surface area contributed by atoms with E-state index in [1.165, 1.54) is 21.9 Å². The predicted octanol–water partition coefficient (Wildman–Crippen LogP) is 6.87. The molecule has 2 aliphatic heterocycles. The Bertz CT molecular complexity index is 1320. The molecule has 4 nitrogen and oxygen atoms in total. The van der Waals surface area contributed by atoms with Gasteiger partial charge < -0.3 is 9.47 Å². The molecule has 4 aromatic carbocycles. The molecule has 0 amide bonds. The van der Waals surface area contributed by atoms with E-state index < -0.39 is 0 Å². The first-order valence-electron chi connectivity index (χ1n) is 11.6. The molecule has 4 aromatic rings. The molecule has 164 valence electrons. The third kappa shape index (κ3) is 3.52. The van der Waals surface area contributed by atoms with Crippen molar-refractivity contribution in [3.63, 3.8) is 0 Å². The number of nitrogens with zero attached hydrogens (tertiary/aromatic N) is 2. The van der Waals surface area contributed by atoms with Crippen LogP contribution in [0.4, 0.5) is 0 Å². The molecule has 2 aliphatic rings. The monoisotopic (exact) mass is 434 g/mol. The quantitative estimate of drug-likeness (QED) is 0.344. The smallest absolute Gasteiger partial charge is 0.213 e. The van der Waals surface area contributed by atoms with Crippen molar-refractivity contribution in [2.45, 2.75) is 32.0 Å². The molecule has 0 saturated heterocycles. The molecule has 0 radical (unpaired) electrons. The second-order valence-electron chi connectivity index (χ2n) is 8.60. The molecule has 0 spiro atoms. The Morgan fingerprint density at radius 2 is 1.70 bits per heavy atom. The average molecular weight is 435 g/mol. The zero-order valence-corrected chi connectivity index (χ0v) is 18.6. The highest BCUT2D eigenvalue weighted by Gasteiger charge is 2.41. The van der Waals surface area contributed by atoms with Gasteiger partial charge >= 0.3 is 0 Å². The molecule has 2 atom stereocenters. The first kappa shape index (κ1) is 19.9. The van der Waals surface area contributed by atoms with Gasteiger partial charge in [-0.15, -0.1) is 0 Å². The maximum absolute atomic E-state index is 6.50. The Kier molecular flexibility index (Phi) is 4.99. The third-order valence-corrected chi connectivity index (χ3v) is 6.44. The van der Waals surface area contributed by atoms with E-state index in [4.69, 9.17) is 14.6 Å². The van der Waals surface area contributed by atoms with Gasteiger partial charge in [0.1, 0.15) is 11.5 Å². The van der Waals surface area contributed by atoms with E-state index >= 15 is 0 Å². The summed E-state index contributed by atoms with van der Waals surface area (Å²) in [5.74, 6) is 1.82. The molecular weight excluding hydrogens is 408 g/mol. The number of ether oxygens (including phenoxy) is 2. The molecular formula is C29H26N2O2. The maximum atomic E-state index is 6.50. The fourth-order valence-electron chi connectivity index (χ4n) is 4.84. The van der Waals surface area contributed by atoms with Crippen LogP contribution in [0.3, 0.4) is 0 Å². The van der Waals surface area contributed by atoms with Crippen LogP contribution in [0.5, 0.6) is 11.5 Å². The van der Waals surface area contributed by atoms with Gasteiger partial charge in [-0.1, -0.05) is 67.6 Å². The fraction of sp³-hybridized carbons (Fsp3) is 0.207. The highest BCUT2D eigenvalue weighted by molar-refractivity contribution is 6.11. The predicted molar refractivity (Wildman–Crippen MR) is 132 cm³/mol. The van der Waals surface area contributed by atoms with Crippen LogP contribution in [0.15, 0.2) is 96.1 Å². The summed E-state index contributed by atoms with van der Waals surface area (Å²) < 4.78 is 12.3. The van der Waals surface area contributed by atoms with Crippen molar-refractivity contribution in [1.82, 2.24) is 5.01 Å². The molecule has 33 heavy (non-hydrogen) atoms. The second-order valence-corrected chi connectivity index (χ2v) is 8.60. The van der Waals surface area contributed by atoms with E-state index in [9.17, 15) is 0 Å². The Labute approximate surface area is 194 Å². The Hall–Kier alpha value is -3.79. The molecule has 4 heteroatoms. The lowest BCUT2D eigenvalue weighted by atomic mass is 9.93. The minimum absolute atomic E-state index is 0.143. The zero-order valence-electron chi connectivity index (χ0n) is 18.6. The Morgan fingerprint density at radius 1 is 0.909 bits per heavy atom. The second kappa shape index (κ2) is 8.28. The van der Waals surface area contributed by atoms with Gasteiger partial charge in [0.15, 0.2) is 0 Å². The zero-order chi connectivity index (χ0) is 22.2. The minimum Gasteiger partial charge on any atom is -0.494 e. The van der Waals surface area contributed by atoms with Gasteiger partial charge in [0, 0.05) is 23.1 Å². The van der Waals surface area contributed by atoms with Crippen LogP contribution in [0.1, 0.15) is 48.7 Å². The number of benzene rings is 4. The summed E-state index contributed by atoms with van der Waals surface area (Å²) in [6, 6.07) is 31.7. The van der Waals surface area contributed by atoms with Crippen LogP contribution in [0, 0.1) is 0 Å². The molecule has 0 bridgehead atoms. The molecule has 6 rings (SSSR count). The molecule has 0 N–H and O–H groups in total. The van der Waals surface area contributed by atoms with Crippen molar-refractivity contribution in [3.05, 3.63) is 108 Å². The summed E-state index contributed by atoms with van der Waals surface area (Å²) in [5, 5.41) is 9.77. The normalized spacial score (nSPS) is 18.9. The van der Waals surface area contributed by atoms with Gasteiger partial charge in [-0.2, -0.15) is 5.10 Å². The van der Waals surface area contributed by atoms with Crippen LogP contribution in [0.2, 0.25) is 0 Å². The Balaban J connectivity index is 1.41. The van der Waals surface area contributed by atoms with Crippen molar-refractivity contribution in [2.24, 2.45) is 5.10 Å². The fourth-order valence-corrected chi connectivity index (χ4v) is 4.84. The van der Waals surface area contributed by atoms with Crippen molar-refractivity contribution in [2.75, 3.05) is 6.61 Å². The molecule has 0 aliphatic carbocycles. The molecule has 2 heterocycles. The number of hydrazone groups is 1. The van der Waals surface area contributed by atoms with Gasteiger partial charge in [0.2, 0.25) is 6.23 Å². The van der Waals surface area contributed by atoms with E-state index in [1.807, 2.05) is 18.2 Å². The van der Waals surface area contributed by atoms with E-state index in [2.05, 4.69) is 84.7 Å². The van der Waals surface area contributed by atoms with Crippen LogP contribution >= 0.6 is 0 Å². The number of para-hydroxylation sites is 1. The highest BCUT2D eigenvalue weighted by Crippen LogP contribution is 2.47. The lowest BCUT2D eigenvalue weighted by Gasteiger charge is -2.38. The standard InChI is InChI=1S/C29H26N2O2/c1-2-18-32-22-16-14-21(15-17-22)29-31-27(25-11-5-6-13-28(25)33-29)19-26(30-31)24-12-7-9-20-8-3-4-10-23(20)24/h3-17,27,29H,2,18-19H2,1H3. The maximum Gasteiger partial charge on any atom is 0.213 e. The summed E-state index contributed by atoms with van der Waals surface area (Å²) in [7, 11) is 0. The van der Waals surface area contributed by atoms with Gasteiger partial charge in [-0.3, -0.25) is 0 Å².